The minimum atomic E-state index is -1.35. The summed E-state index contributed by atoms with van der Waals surface area (Å²) in [5.74, 6) is -1.23. The lowest BCUT2D eigenvalue weighted by atomic mass is 10.2. The van der Waals surface area contributed by atoms with Crippen molar-refractivity contribution >= 4 is 23.2 Å². The van der Waals surface area contributed by atoms with Gasteiger partial charge in [0, 0.05) is 10.9 Å². The van der Waals surface area contributed by atoms with E-state index in [0.29, 0.717) is 10.8 Å². The fraction of sp³-hybridized carbons (Fsp3) is 0.214. The Balaban J connectivity index is 2.13. The molecule has 0 aliphatic rings. The Hall–Kier alpha value is -2.45. The van der Waals surface area contributed by atoms with Crippen molar-refractivity contribution in [3.63, 3.8) is 0 Å². The van der Waals surface area contributed by atoms with Crippen LogP contribution in [0.5, 0.6) is 5.75 Å². The first-order valence-electron chi connectivity index (χ1n) is 6.29. The molecule has 0 aliphatic heterocycles. The molecule has 1 aromatic carbocycles. The number of aromatic nitrogens is 1. The molecule has 0 aliphatic carbocycles. The molecule has 1 unspecified atom stereocenters. The van der Waals surface area contributed by atoms with Gasteiger partial charge in [-0.3, -0.25) is 4.79 Å². The highest BCUT2D eigenvalue weighted by Crippen LogP contribution is 2.25. The lowest BCUT2D eigenvalue weighted by Gasteiger charge is -2.09. The highest BCUT2D eigenvalue weighted by molar-refractivity contribution is 7.13. The van der Waals surface area contributed by atoms with E-state index in [1.807, 2.05) is 12.1 Å². The number of thiazole rings is 1. The van der Waals surface area contributed by atoms with E-state index >= 15 is 0 Å². The van der Waals surface area contributed by atoms with Crippen LogP contribution in [0.15, 0.2) is 29.6 Å². The second-order valence-corrected chi connectivity index (χ2v) is 5.17. The van der Waals surface area contributed by atoms with Crippen LogP contribution in [0.2, 0.25) is 0 Å². The SMILES string of the molecule is COc1ccc(-c2nc(C(=O)NC(CO)C(=O)O)cs2)cc1. The quantitative estimate of drug-likeness (QED) is 0.732. The van der Waals surface area contributed by atoms with E-state index in [1.54, 1.807) is 19.2 Å². The maximum atomic E-state index is 11.9. The second-order valence-electron chi connectivity index (χ2n) is 4.31. The predicted octanol–water partition coefficient (Wildman–Crippen LogP) is 0.994. The van der Waals surface area contributed by atoms with Crippen LogP contribution in [-0.4, -0.2) is 46.8 Å². The molecule has 0 saturated heterocycles. The van der Waals surface area contributed by atoms with Gasteiger partial charge in [0.15, 0.2) is 6.04 Å². The molecular weight excluding hydrogens is 308 g/mol. The molecule has 116 valence electrons. The van der Waals surface area contributed by atoms with E-state index in [9.17, 15) is 9.59 Å². The maximum Gasteiger partial charge on any atom is 0.328 e. The van der Waals surface area contributed by atoms with Crippen LogP contribution in [0.4, 0.5) is 0 Å². The summed E-state index contributed by atoms with van der Waals surface area (Å²) in [6.45, 7) is -0.684. The number of carbonyl (C=O) groups excluding carboxylic acids is 1. The molecule has 1 heterocycles. The number of rotatable bonds is 6. The third-order valence-electron chi connectivity index (χ3n) is 2.86. The number of nitrogens with one attached hydrogen (secondary N) is 1. The molecule has 22 heavy (non-hydrogen) atoms. The van der Waals surface area contributed by atoms with Crippen molar-refractivity contribution < 1.29 is 24.5 Å². The first-order chi connectivity index (χ1) is 10.5. The summed E-state index contributed by atoms with van der Waals surface area (Å²) >= 11 is 1.26. The van der Waals surface area contributed by atoms with Gasteiger partial charge >= 0.3 is 5.97 Å². The number of hydrogen-bond donors (Lipinski definition) is 3. The van der Waals surface area contributed by atoms with Gasteiger partial charge in [-0.25, -0.2) is 9.78 Å². The zero-order chi connectivity index (χ0) is 16.1. The molecule has 1 atom stereocenters. The van der Waals surface area contributed by atoms with Gasteiger partial charge in [0.25, 0.3) is 5.91 Å². The Labute approximate surface area is 130 Å². The first kappa shape index (κ1) is 15.9. The Morgan fingerprint density at radius 3 is 2.59 bits per heavy atom. The molecule has 3 N–H and O–H groups in total. The van der Waals surface area contributed by atoms with E-state index in [4.69, 9.17) is 14.9 Å². The zero-order valence-electron chi connectivity index (χ0n) is 11.6. The van der Waals surface area contributed by atoms with Gasteiger partial charge in [-0.2, -0.15) is 0 Å². The van der Waals surface area contributed by atoms with Crippen molar-refractivity contribution in [3.8, 4) is 16.3 Å². The van der Waals surface area contributed by atoms with Crippen LogP contribution in [0.1, 0.15) is 10.5 Å². The third-order valence-corrected chi connectivity index (χ3v) is 3.75. The number of benzene rings is 1. The number of aliphatic hydroxyl groups is 1. The molecule has 0 spiro atoms. The van der Waals surface area contributed by atoms with Crippen molar-refractivity contribution in [2.24, 2.45) is 0 Å². The number of methoxy groups -OCH3 is 1. The van der Waals surface area contributed by atoms with E-state index in [1.165, 1.54) is 16.7 Å². The zero-order valence-corrected chi connectivity index (χ0v) is 12.5. The van der Waals surface area contributed by atoms with E-state index in [-0.39, 0.29) is 5.69 Å². The topological polar surface area (TPSA) is 109 Å². The molecule has 1 aromatic heterocycles. The molecule has 7 nitrogen and oxygen atoms in total. The molecule has 2 aromatic rings. The number of hydrogen-bond acceptors (Lipinski definition) is 6. The maximum absolute atomic E-state index is 11.9. The number of nitrogens with zero attached hydrogens (tertiary/aromatic N) is 1. The normalized spacial score (nSPS) is 11.7. The second kappa shape index (κ2) is 7.01. The molecule has 0 radical (unpaired) electrons. The summed E-state index contributed by atoms with van der Waals surface area (Å²) in [5, 5.41) is 22.1. The Morgan fingerprint density at radius 1 is 1.36 bits per heavy atom. The van der Waals surface area contributed by atoms with Crippen molar-refractivity contribution in [2.75, 3.05) is 13.7 Å². The molecule has 8 heteroatoms. The highest BCUT2D eigenvalue weighted by atomic mass is 32.1. The van der Waals surface area contributed by atoms with E-state index in [0.717, 1.165) is 5.56 Å². The third kappa shape index (κ3) is 3.60. The van der Waals surface area contributed by atoms with Gasteiger partial charge in [0.1, 0.15) is 16.5 Å². The van der Waals surface area contributed by atoms with Crippen LogP contribution in [0, 0.1) is 0 Å². The van der Waals surface area contributed by atoms with Gasteiger partial charge < -0.3 is 20.3 Å². The van der Waals surface area contributed by atoms with Gasteiger partial charge in [-0.15, -0.1) is 11.3 Å². The van der Waals surface area contributed by atoms with Crippen LogP contribution < -0.4 is 10.1 Å². The Morgan fingerprint density at radius 2 is 2.05 bits per heavy atom. The average Bonchev–Trinajstić information content (AvgIpc) is 3.02. The monoisotopic (exact) mass is 322 g/mol. The number of aliphatic hydroxyl groups excluding tert-OH is 1. The average molecular weight is 322 g/mol. The van der Waals surface area contributed by atoms with Crippen LogP contribution >= 0.6 is 11.3 Å². The van der Waals surface area contributed by atoms with Crippen LogP contribution in [-0.2, 0) is 4.79 Å². The van der Waals surface area contributed by atoms with Crippen molar-refractivity contribution in [1.82, 2.24) is 10.3 Å². The molecule has 0 saturated carbocycles. The minimum absolute atomic E-state index is 0.107. The summed E-state index contributed by atoms with van der Waals surface area (Å²) in [4.78, 5) is 26.9. The number of carboxylic acid groups (broad SMARTS) is 1. The molecule has 2 rings (SSSR count). The number of carbonyl (C=O) groups is 2. The fourth-order valence-corrected chi connectivity index (χ4v) is 2.47. The van der Waals surface area contributed by atoms with Gasteiger partial charge in [-0.05, 0) is 24.3 Å². The summed E-state index contributed by atoms with van der Waals surface area (Å²) in [6, 6.07) is 5.84. The largest absolute Gasteiger partial charge is 0.497 e. The number of carboxylic acids is 1. The van der Waals surface area contributed by atoms with Gasteiger partial charge in [0.2, 0.25) is 0 Å². The minimum Gasteiger partial charge on any atom is -0.497 e. The summed E-state index contributed by atoms with van der Waals surface area (Å²) in [5.41, 5.74) is 0.928. The lowest BCUT2D eigenvalue weighted by molar-refractivity contribution is -0.140. The smallest absolute Gasteiger partial charge is 0.328 e. The lowest BCUT2D eigenvalue weighted by Crippen LogP contribution is -2.43. The Kier molecular flexibility index (Phi) is 5.08. The van der Waals surface area contributed by atoms with E-state index < -0.39 is 24.5 Å². The predicted molar refractivity (Wildman–Crippen MR) is 80.1 cm³/mol. The molecule has 1 amide bonds. The van der Waals surface area contributed by atoms with Crippen LogP contribution in [0.25, 0.3) is 10.6 Å². The van der Waals surface area contributed by atoms with Crippen molar-refractivity contribution in [3.05, 3.63) is 35.3 Å². The number of aliphatic carboxylic acids is 1. The fourth-order valence-electron chi connectivity index (χ4n) is 1.66. The van der Waals surface area contributed by atoms with Crippen molar-refractivity contribution in [2.45, 2.75) is 6.04 Å². The van der Waals surface area contributed by atoms with Crippen molar-refractivity contribution in [1.29, 1.82) is 0 Å². The van der Waals surface area contributed by atoms with Gasteiger partial charge in [-0.1, -0.05) is 0 Å². The highest BCUT2D eigenvalue weighted by Gasteiger charge is 2.21. The summed E-state index contributed by atoms with van der Waals surface area (Å²) in [7, 11) is 1.57. The van der Waals surface area contributed by atoms with Gasteiger partial charge in [0.05, 0.1) is 13.7 Å². The summed E-state index contributed by atoms with van der Waals surface area (Å²) < 4.78 is 5.07. The molecule has 0 bridgehead atoms. The summed E-state index contributed by atoms with van der Waals surface area (Å²) in [6.07, 6.45) is 0. The van der Waals surface area contributed by atoms with Crippen LogP contribution in [0.3, 0.4) is 0 Å². The standard InChI is InChI=1S/C14H14N2O5S/c1-21-9-4-2-8(3-5-9)13-16-11(7-22-13)12(18)15-10(6-17)14(19)20/h2-5,7,10,17H,6H2,1H3,(H,15,18)(H,19,20). The van der Waals surface area contributed by atoms with E-state index in [2.05, 4.69) is 10.3 Å². The Bertz CT molecular complexity index is 668. The first-order valence-corrected chi connectivity index (χ1v) is 7.17. The number of ether oxygens (including phenoxy) is 1. The number of amides is 1. The molecular formula is C14H14N2O5S. The molecule has 0 fully saturated rings.